The van der Waals surface area contributed by atoms with Crippen LogP contribution in [0.5, 0.6) is 5.75 Å². The third-order valence-corrected chi connectivity index (χ3v) is 10.9. The zero-order chi connectivity index (χ0) is 34.1. The number of benzene rings is 4. The van der Waals surface area contributed by atoms with Crippen LogP contribution >= 0.6 is 0 Å². The molecule has 0 radical (unpaired) electrons. The van der Waals surface area contributed by atoms with Crippen LogP contribution in [0.2, 0.25) is 0 Å². The molecule has 4 aromatic rings. The Kier molecular flexibility index (Phi) is 8.48. The average Bonchev–Trinajstić information content (AvgIpc) is 3.29. The van der Waals surface area contributed by atoms with Crippen LogP contribution in [0.15, 0.2) is 143 Å². The summed E-state index contributed by atoms with van der Waals surface area (Å²) in [5, 5.41) is 4.91. The smallest absolute Gasteiger partial charge is 0.132 e. The molecule has 4 aliphatic rings. The summed E-state index contributed by atoms with van der Waals surface area (Å²) in [6, 6.07) is 23.8. The summed E-state index contributed by atoms with van der Waals surface area (Å²) in [7, 11) is 0. The molecule has 50 heavy (non-hydrogen) atoms. The van der Waals surface area contributed by atoms with Gasteiger partial charge in [0.2, 0.25) is 0 Å². The standard InChI is InChI=1S/C48H41NO/c1-4-37-31-32-48(3)42(25-14-15-28-45(48)50-44-27-16-26-43(49-37)33(44)2)34-17-8-9-20-36(30-29-34)47-40-23-12-10-21-38(40)46(35-18-6-5-7-19-35)39-22-11-13-24-41(39)47/h5-6,10-14,16,18,21-30,42H,4,15,17,20,31-32H2,1-3H3/b34-29+,36-30+,49-37-. The number of hydrogen-bond donors (Lipinski definition) is 0. The maximum absolute atomic E-state index is 6.90. The molecule has 2 nitrogen and oxygen atoms in total. The minimum atomic E-state index is -0.270. The van der Waals surface area contributed by atoms with Crippen LogP contribution < -0.4 is 4.74 Å². The van der Waals surface area contributed by atoms with Gasteiger partial charge >= 0.3 is 0 Å². The van der Waals surface area contributed by atoms with Gasteiger partial charge in [0.15, 0.2) is 0 Å². The fourth-order valence-corrected chi connectivity index (χ4v) is 8.09. The fourth-order valence-electron chi connectivity index (χ4n) is 8.09. The summed E-state index contributed by atoms with van der Waals surface area (Å²) >= 11 is 0. The first kappa shape index (κ1) is 31.7. The van der Waals surface area contributed by atoms with Crippen molar-refractivity contribution in [1.82, 2.24) is 0 Å². The number of ether oxygens (including phenoxy) is 1. The second-order valence-electron chi connectivity index (χ2n) is 13.9. The molecule has 1 aliphatic heterocycles. The third-order valence-electron chi connectivity index (χ3n) is 10.9. The highest BCUT2D eigenvalue weighted by molar-refractivity contribution is 6.17. The predicted molar refractivity (Wildman–Crippen MR) is 211 cm³/mol. The monoisotopic (exact) mass is 647 g/mol. The van der Waals surface area contributed by atoms with E-state index in [2.05, 4.69) is 147 Å². The van der Waals surface area contributed by atoms with Crippen molar-refractivity contribution >= 4 is 44.1 Å². The number of hydrogen-bond acceptors (Lipinski definition) is 2. The van der Waals surface area contributed by atoms with Gasteiger partial charge in [0.1, 0.15) is 11.5 Å². The molecule has 0 saturated carbocycles. The summed E-state index contributed by atoms with van der Waals surface area (Å²) in [6.07, 6.45) is 22.9. The number of fused-ring (bicyclic) bond motifs is 5. The number of aliphatic imine (C=N–C) groups is 1. The topological polar surface area (TPSA) is 21.6 Å². The molecule has 0 aromatic heterocycles. The van der Waals surface area contributed by atoms with E-state index in [1.54, 1.807) is 0 Å². The van der Waals surface area contributed by atoms with Gasteiger partial charge in [-0.15, -0.1) is 0 Å². The second-order valence-corrected chi connectivity index (χ2v) is 13.9. The zero-order valence-electron chi connectivity index (χ0n) is 29.1. The quantitative estimate of drug-likeness (QED) is 0.0935. The molecule has 2 bridgehead atoms. The molecular weight excluding hydrogens is 607 g/mol. The molecule has 2 atom stereocenters. The number of allylic oxidation sites excluding steroid dienone is 12. The van der Waals surface area contributed by atoms with Crippen molar-refractivity contribution in [3.63, 3.8) is 0 Å². The van der Waals surface area contributed by atoms with E-state index in [1.807, 2.05) is 12.2 Å². The van der Waals surface area contributed by atoms with Gasteiger partial charge in [-0.1, -0.05) is 128 Å². The van der Waals surface area contributed by atoms with Crippen molar-refractivity contribution in [2.75, 3.05) is 0 Å². The summed E-state index contributed by atoms with van der Waals surface area (Å²) < 4.78 is 6.90. The first-order valence-electron chi connectivity index (χ1n) is 17.9. The molecule has 4 aromatic carbocycles. The zero-order valence-corrected chi connectivity index (χ0v) is 29.1. The van der Waals surface area contributed by atoms with E-state index in [0.717, 1.165) is 60.4 Å². The van der Waals surface area contributed by atoms with E-state index < -0.39 is 0 Å². The maximum atomic E-state index is 6.90. The van der Waals surface area contributed by atoms with Gasteiger partial charge < -0.3 is 4.74 Å². The Morgan fingerprint density at radius 1 is 0.880 bits per heavy atom. The highest BCUT2D eigenvalue weighted by atomic mass is 16.5. The molecule has 2 unspecified atom stereocenters. The molecule has 8 rings (SSSR count). The first-order chi connectivity index (χ1) is 24.5. The van der Waals surface area contributed by atoms with E-state index in [4.69, 9.17) is 9.73 Å². The van der Waals surface area contributed by atoms with Gasteiger partial charge in [-0.25, -0.2) is 0 Å². The van der Waals surface area contributed by atoms with Gasteiger partial charge in [0.05, 0.1) is 5.69 Å². The van der Waals surface area contributed by atoms with Crippen molar-refractivity contribution in [2.45, 2.75) is 59.3 Å². The summed E-state index contributed by atoms with van der Waals surface area (Å²) in [5.74, 6) is 9.26. The SMILES string of the molecule is CC/C1=N/c2cccc(c2C)OC2=CCC=CC(/C3=C/C=C(/c4c5ccccc5c(C5=C=C=CC=C5)c5ccccc45)CC#CC3)C2(C)CC1. The maximum Gasteiger partial charge on any atom is 0.132 e. The van der Waals surface area contributed by atoms with E-state index in [9.17, 15) is 0 Å². The second kappa shape index (κ2) is 13.4. The lowest BCUT2D eigenvalue weighted by molar-refractivity contribution is 0.199. The van der Waals surface area contributed by atoms with E-state index in [0.29, 0.717) is 6.42 Å². The summed E-state index contributed by atoms with van der Waals surface area (Å²) in [4.78, 5) is 5.13. The minimum absolute atomic E-state index is 0.128. The van der Waals surface area contributed by atoms with Crippen LogP contribution in [0.3, 0.4) is 0 Å². The lowest BCUT2D eigenvalue weighted by Crippen LogP contribution is -2.33. The molecule has 2 heteroatoms. The summed E-state index contributed by atoms with van der Waals surface area (Å²) in [6.45, 7) is 6.74. The Bertz CT molecular complexity index is 2360. The Balaban J connectivity index is 1.27. The van der Waals surface area contributed by atoms with Gasteiger partial charge in [-0.2, -0.15) is 0 Å². The number of rotatable bonds is 4. The van der Waals surface area contributed by atoms with Crippen LogP contribution in [-0.2, 0) is 0 Å². The van der Waals surface area contributed by atoms with Crippen LogP contribution in [-0.4, -0.2) is 5.71 Å². The molecular formula is C48H41NO. The Hall–Kier alpha value is -5.57. The van der Waals surface area contributed by atoms with Crippen LogP contribution in [0.25, 0.3) is 32.7 Å². The van der Waals surface area contributed by atoms with Gasteiger partial charge in [-0.3, -0.25) is 4.99 Å². The Morgan fingerprint density at radius 3 is 2.34 bits per heavy atom. The largest absolute Gasteiger partial charge is 0.461 e. The van der Waals surface area contributed by atoms with Gasteiger partial charge in [0, 0.05) is 46.6 Å². The van der Waals surface area contributed by atoms with Crippen molar-refractivity contribution in [2.24, 2.45) is 16.3 Å². The van der Waals surface area contributed by atoms with E-state index in [1.165, 1.54) is 49.5 Å². The predicted octanol–water partition coefficient (Wildman–Crippen LogP) is 12.5. The van der Waals surface area contributed by atoms with Gasteiger partial charge in [-0.05, 0) is 95.6 Å². The van der Waals surface area contributed by atoms with Crippen molar-refractivity contribution < 1.29 is 4.74 Å². The van der Waals surface area contributed by atoms with Crippen LogP contribution in [0, 0.1) is 30.1 Å². The Labute approximate surface area is 296 Å². The molecule has 1 heterocycles. The molecule has 0 amide bonds. The highest BCUT2D eigenvalue weighted by Gasteiger charge is 2.41. The van der Waals surface area contributed by atoms with Crippen LogP contribution in [0.4, 0.5) is 5.69 Å². The van der Waals surface area contributed by atoms with Crippen molar-refractivity contribution in [1.29, 1.82) is 0 Å². The molecule has 0 fully saturated rings. The minimum Gasteiger partial charge on any atom is -0.461 e. The molecule has 0 N–H and O–H groups in total. The lowest BCUT2D eigenvalue weighted by Gasteiger charge is -2.39. The normalized spacial score (nSPS) is 24.4. The lowest BCUT2D eigenvalue weighted by atomic mass is 9.67. The number of nitrogens with zero attached hydrogens (tertiary/aromatic N) is 1. The van der Waals surface area contributed by atoms with E-state index in [-0.39, 0.29) is 11.3 Å². The van der Waals surface area contributed by atoms with Gasteiger partial charge in [0.25, 0.3) is 0 Å². The first-order valence-corrected chi connectivity index (χ1v) is 17.9. The molecule has 0 spiro atoms. The molecule has 0 saturated heterocycles. The molecule has 3 aliphatic carbocycles. The average molecular weight is 648 g/mol. The van der Waals surface area contributed by atoms with Crippen LogP contribution in [0.1, 0.15) is 69.1 Å². The van der Waals surface area contributed by atoms with Crippen molar-refractivity contribution in [3.8, 4) is 17.6 Å². The van der Waals surface area contributed by atoms with Crippen molar-refractivity contribution in [3.05, 3.63) is 155 Å². The van der Waals surface area contributed by atoms with E-state index >= 15 is 0 Å². The fraction of sp³-hybridized carbons (Fsp3) is 0.229. The highest BCUT2D eigenvalue weighted by Crippen LogP contribution is 2.49. The molecule has 244 valence electrons. The summed E-state index contributed by atoms with van der Waals surface area (Å²) in [5.41, 5.74) is 15.7. The third kappa shape index (κ3) is 5.66. The Morgan fingerprint density at radius 2 is 1.62 bits per heavy atom.